The zero-order chi connectivity index (χ0) is 24.4. The molecular formula is C26H26ClN5O3. The number of imidazole rings is 1. The Bertz CT molecular complexity index is 1340. The molecule has 3 heterocycles. The Kier molecular flexibility index (Phi) is 6.57. The van der Waals surface area contributed by atoms with E-state index in [1.807, 2.05) is 23.1 Å². The largest absolute Gasteiger partial charge is 0.459 e. The van der Waals surface area contributed by atoms with Gasteiger partial charge in [0.25, 0.3) is 11.8 Å². The second-order valence-corrected chi connectivity index (χ2v) is 8.92. The van der Waals surface area contributed by atoms with Crippen LogP contribution in [-0.2, 0) is 13.1 Å². The molecule has 9 heteroatoms. The van der Waals surface area contributed by atoms with Crippen molar-refractivity contribution in [3.63, 3.8) is 0 Å². The summed E-state index contributed by atoms with van der Waals surface area (Å²) in [4.78, 5) is 34.1. The topological polar surface area (TPSA) is 83.6 Å². The van der Waals surface area contributed by atoms with Crippen LogP contribution in [0.5, 0.6) is 0 Å². The van der Waals surface area contributed by atoms with Crippen LogP contribution in [0.3, 0.4) is 0 Å². The Labute approximate surface area is 208 Å². The van der Waals surface area contributed by atoms with Gasteiger partial charge in [0.15, 0.2) is 5.76 Å². The van der Waals surface area contributed by atoms with E-state index in [-0.39, 0.29) is 11.8 Å². The van der Waals surface area contributed by atoms with Gasteiger partial charge in [0.1, 0.15) is 5.82 Å². The van der Waals surface area contributed by atoms with Crippen molar-refractivity contribution in [2.24, 2.45) is 0 Å². The summed E-state index contributed by atoms with van der Waals surface area (Å²) >= 11 is 5.92. The number of amides is 2. The molecule has 2 aromatic carbocycles. The third-order valence-corrected chi connectivity index (χ3v) is 6.52. The summed E-state index contributed by atoms with van der Waals surface area (Å²) in [6.07, 6.45) is 1.52. The van der Waals surface area contributed by atoms with Gasteiger partial charge < -0.3 is 19.2 Å². The van der Waals surface area contributed by atoms with Crippen molar-refractivity contribution in [2.45, 2.75) is 20.0 Å². The first-order chi connectivity index (χ1) is 17.0. The van der Waals surface area contributed by atoms with Crippen molar-refractivity contribution in [3.05, 3.63) is 83.0 Å². The number of fused-ring (bicyclic) bond motifs is 1. The fourth-order valence-corrected chi connectivity index (χ4v) is 4.53. The smallest absolute Gasteiger partial charge is 0.289 e. The van der Waals surface area contributed by atoms with Gasteiger partial charge in [-0.1, -0.05) is 11.6 Å². The molecule has 0 atom stereocenters. The molecule has 1 fully saturated rings. The Morgan fingerprint density at radius 3 is 2.51 bits per heavy atom. The zero-order valence-electron chi connectivity index (χ0n) is 19.4. The van der Waals surface area contributed by atoms with Crippen LogP contribution in [0, 0.1) is 0 Å². The van der Waals surface area contributed by atoms with Crippen LogP contribution in [0.1, 0.15) is 33.7 Å². The summed E-state index contributed by atoms with van der Waals surface area (Å²) in [5, 5.41) is 3.53. The number of hydrogen-bond acceptors (Lipinski definition) is 5. The molecule has 0 radical (unpaired) electrons. The van der Waals surface area contributed by atoms with Crippen LogP contribution in [0.4, 0.5) is 5.69 Å². The zero-order valence-corrected chi connectivity index (χ0v) is 20.2. The standard InChI is InChI=1S/C26H26ClN5O3/c1-2-32-22-10-9-20(28-25(33)18-5-7-19(27)8-6-18)16-21(22)29-24(32)17-30-11-13-31(14-12-30)26(34)23-4-3-15-35-23/h3-10,15-16H,2,11-14,17H2,1H3,(H,28,33). The molecule has 35 heavy (non-hydrogen) atoms. The molecule has 2 amide bonds. The number of aryl methyl sites for hydroxylation is 1. The van der Waals surface area contributed by atoms with Crippen LogP contribution >= 0.6 is 11.6 Å². The van der Waals surface area contributed by atoms with Crippen LogP contribution in [0.2, 0.25) is 5.02 Å². The average Bonchev–Trinajstić information content (AvgIpc) is 3.52. The lowest BCUT2D eigenvalue weighted by Gasteiger charge is -2.34. The van der Waals surface area contributed by atoms with Crippen LogP contribution in [-0.4, -0.2) is 57.3 Å². The molecule has 0 unspecified atom stereocenters. The summed E-state index contributed by atoms with van der Waals surface area (Å²) in [5.41, 5.74) is 3.09. The maximum atomic E-state index is 12.6. The van der Waals surface area contributed by atoms with Crippen molar-refractivity contribution in [1.82, 2.24) is 19.4 Å². The number of carbonyl (C=O) groups is 2. The number of anilines is 1. The van der Waals surface area contributed by atoms with Crippen LogP contribution in [0.25, 0.3) is 11.0 Å². The lowest BCUT2D eigenvalue weighted by Crippen LogP contribution is -2.48. The summed E-state index contributed by atoms with van der Waals surface area (Å²) in [7, 11) is 0. The SMILES string of the molecule is CCn1c(CN2CCN(C(=O)c3ccco3)CC2)nc2cc(NC(=O)c3ccc(Cl)cc3)ccc21. The van der Waals surface area contributed by atoms with Gasteiger partial charge in [-0.25, -0.2) is 4.98 Å². The number of benzene rings is 2. The van der Waals surface area contributed by atoms with E-state index in [1.54, 1.807) is 36.4 Å². The number of rotatable bonds is 6. The van der Waals surface area contributed by atoms with Crippen molar-refractivity contribution < 1.29 is 14.0 Å². The van der Waals surface area contributed by atoms with Gasteiger partial charge in [0.2, 0.25) is 0 Å². The molecular weight excluding hydrogens is 466 g/mol. The lowest BCUT2D eigenvalue weighted by atomic mass is 10.2. The number of furan rings is 1. The minimum absolute atomic E-state index is 0.0661. The fourth-order valence-electron chi connectivity index (χ4n) is 4.40. The first-order valence-electron chi connectivity index (χ1n) is 11.6. The van der Waals surface area contributed by atoms with Gasteiger partial charge in [-0.3, -0.25) is 14.5 Å². The second kappa shape index (κ2) is 9.93. The molecule has 8 nitrogen and oxygen atoms in total. The highest BCUT2D eigenvalue weighted by atomic mass is 35.5. The highest BCUT2D eigenvalue weighted by Gasteiger charge is 2.25. The van der Waals surface area contributed by atoms with Crippen molar-refractivity contribution in [1.29, 1.82) is 0 Å². The van der Waals surface area contributed by atoms with E-state index in [1.165, 1.54) is 6.26 Å². The Hall–Kier alpha value is -3.62. The maximum absolute atomic E-state index is 12.6. The van der Waals surface area contributed by atoms with Gasteiger partial charge in [0.05, 0.1) is 23.8 Å². The van der Waals surface area contributed by atoms with Gasteiger partial charge in [-0.2, -0.15) is 0 Å². The molecule has 4 aromatic rings. The highest BCUT2D eigenvalue weighted by molar-refractivity contribution is 6.30. The average molecular weight is 492 g/mol. The minimum atomic E-state index is -0.196. The monoisotopic (exact) mass is 491 g/mol. The molecule has 0 spiro atoms. The predicted molar refractivity (Wildman–Crippen MR) is 135 cm³/mol. The van der Waals surface area contributed by atoms with Gasteiger partial charge >= 0.3 is 0 Å². The first kappa shape index (κ1) is 23.1. The van der Waals surface area contributed by atoms with Crippen molar-refractivity contribution >= 4 is 40.1 Å². The van der Waals surface area contributed by atoms with E-state index in [0.29, 0.717) is 41.7 Å². The molecule has 1 saturated heterocycles. The Morgan fingerprint density at radius 2 is 1.83 bits per heavy atom. The first-order valence-corrected chi connectivity index (χ1v) is 12.0. The summed E-state index contributed by atoms with van der Waals surface area (Å²) in [6.45, 7) is 6.40. The fraction of sp³-hybridized carbons (Fsp3) is 0.269. The molecule has 0 saturated carbocycles. The summed E-state index contributed by atoms with van der Waals surface area (Å²) in [6, 6.07) is 16.0. The number of nitrogens with one attached hydrogen (secondary N) is 1. The number of aromatic nitrogens is 2. The number of piperazine rings is 1. The normalized spacial score (nSPS) is 14.4. The molecule has 1 aliphatic rings. The molecule has 180 valence electrons. The number of halogens is 1. The third-order valence-electron chi connectivity index (χ3n) is 6.26. The van der Waals surface area contributed by atoms with Crippen molar-refractivity contribution in [3.8, 4) is 0 Å². The van der Waals surface area contributed by atoms with E-state index in [0.717, 1.165) is 36.5 Å². The number of carbonyl (C=O) groups excluding carboxylic acids is 2. The second-order valence-electron chi connectivity index (χ2n) is 8.48. The number of nitrogens with zero attached hydrogens (tertiary/aromatic N) is 4. The van der Waals surface area contributed by atoms with Crippen LogP contribution < -0.4 is 5.32 Å². The predicted octanol–water partition coefficient (Wildman–Crippen LogP) is 4.51. The maximum Gasteiger partial charge on any atom is 0.289 e. The lowest BCUT2D eigenvalue weighted by molar-refractivity contribution is 0.0593. The van der Waals surface area contributed by atoms with E-state index >= 15 is 0 Å². The molecule has 0 bridgehead atoms. The molecule has 1 N–H and O–H groups in total. The van der Waals surface area contributed by atoms with Gasteiger partial charge in [-0.05, 0) is 61.5 Å². The number of hydrogen-bond donors (Lipinski definition) is 1. The van der Waals surface area contributed by atoms with Crippen molar-refractivity contribution in [2.75, 3.05) is 31.5 Å². The van der Waals surface area contributed by atoms with E-state index < -0.39 is 0 Å². The Morgan fingerprint density at radius 1 is 1.06 bits per heavy atom. The molecule has 2 aromatic heterocycles. The van der Waals surface area contributed by atoms with E-state index in [9.17, 15) is 9.59 Å². The summed E-state index contributed by atoms with van der Waals surface area (Å²) in [5.74, 6) is 1.08. The quantitative estimate of drug-likeness (QED) is 0.429. The minimum Gasteiger partial charge on any atom is -0.459 e. The molecule has 0 aliphatic carbocycles. The highest BCUT2D eigenvalue weighted by Crippen LogP contribution is 2.23. The summed E-state index contributed by atoms with van der Waals surface area (Å²) < 4.78 is 7.44. The van der Waals surface area contributed by atoms with Gasteiger partial charge in [-0.15, -0.1) is 0 Å². The van der Waals surface area contributed by atoms with Crippen LogP contribution in [0.15, 0.2) is 65.3 Å². The molecule has 5 rings (SSSR count). The van der Waals surface area contributed by atoms with E-state index in [2.05, 4.69) is 21.7 Å². The van der Waals surface area contributed by atoms with Gasteiger partial charge in [0, 0.05) is 49.0 Å². The third kappa shape index (κ3) is 4.94. The van der Waals surface area contributed by atoms with E-state index in [4.69, 9.17) is 21.0 Å². The Balaban J connectivity index is 1.27. The molecule has 1 aliphatic heterocycles.